The van der Waals surface area contributed by atoms with Crippen LogP contribution in [0.2, 0.25) is 0 Å². The van der Waals surface area contributed by atoms with Crippen molar-refractivity contribution < 1.29 is 9.84 Å². The molecule has 0 fully saturated rings. The van der Waals surface area contributed by atoms with E-state index in [1.54, 1.807) is 0 Å². The van der Waals surface area contributed by atoms with E-state index in [0.717, 1.165) is 29.3 Å². The molecule has 0 aliphatic heterocycles. The number of ether oxygens (including phenoxy) is 1. The molecule has 0 spiro atoms. The van der Waals surface area contributed by atoms with Gasteiger partial charge in [0.1, 0.15) is 5.75 Å². The smallest absolute Gasteiger partial charge is 0.128 e. The van der Waals surface area contributed by atoms with Crippen LogP contribution in [0.3, 0.4) is 0 Å². The Morgan fingerprint density at radius 1 is 1.24 bits per heavy atom. The zero-order valence-electron chi connectivity index (χ0n) is 12.5. The maximum Gasteiger partial charge on any atom is 0.128 e. The van der Waals surface area contributed by atoms with Crippen molar-refractivity contribution in [3.8, 4) is 5.75 Å². The monoisotopic (exact) mass is 285 g/mol. The van der Waals surface area contributed by atoms with Gasteiger partial charge in [-0.1, -0.05) is 42.5 Å². The van der Waals surface area contributed by atoms with E-state index in [0.29, 0.717) is 19.0 Å². The molecular formula is C18H23NO2. The molecule has 1 unspecified atom stereocenters. The van der Waals surface area contributed by atoms with Gasteiger partial charge in [0.2, 0.25) is 0 Å². The fourth-order valence-electron chi connectivity index (χ4n) is 2.35. The predicted molar refractivity (Wildman–Crippen MR) is 87.7 cm³/mol. The van der Waals surface area contributed by atoms with Gasteiger partial charge in [-0.05, 0) is 18.7 Å². The molecule has 3 nitrogen and oxygen atoms in total. The van der Waals surface area contributed by atoms with E-state index >= 15 is 0 Å². The molecule has 0 aliphatic rings. The number of hydrogen-bond acceptors (Lipinski definition) is 3. The topological polar surface area (TPSA) is 41.5 Å². The summed E-state index contributed by atoms with van der Waals surface area (Å²) in [4.78, 5) is 0. The van der Waals surface area contributed by atoms with Crippen molar-refractivity contribution in [2.75, 3.05) is 19.8 Å². The SMILES string of the molecule is C=CCCOCCNC(C)c1ccc2ccccc2c1O. The molecule has 0 aliphatic carbocycles. The van der Waals surface area contributed by atoms with Gasteiger partial charge in [-0.15, -0.1) is 6.58 Å². The summed E-state index contributed by atoms with van der Waals surface area (Å²) in [6.07, 6.45) is 2.73. The van der Waals surface area contributed by atoms with Gasteiger partial charge in [0.25, 0.3) is 0 Å². The summed E-state index contributed by atoms with van der Waals surface area (Å²) in [5.74, 6) is 0.362. The minimum absolute atomic E-state index is 0.0811. The molecule has 2 aromatic rings. The van der Waals surface area contributed by atoms with E-state index in [-0.39, 0.29) is 6.04 Å². The first kappa shape index (κ1) is 15.5. The van der Waals surface area contributed by atoms with Crippen LogP contribution in [0.5, 0.6) is 5.75 Å². The number of nitrogens with one attached hydrogen (secondary N) is 1. The molecule has 0 bridgehead atoms. The molecular weight excluding hydrogens is 262 g/mol. The average Bonchev–Trinajstić information content (AvgIpc) is 2.51. The highest BCUT2D eigenvalue weighted by molar-refractivity contribution is 5.89. The van der Waals surface area contributed by atoms with Gasteiger partial charge in [-0.25, -0.2) is 0 Å². The molecule has 2 aromatic carbocycles. The van der Waals surface area contributed by atoms with Crippen molar-refractivity contribution in [1.82, 2.24) is 5.32 Å². The van der Waals surface area contributed by atoms with E-state index in [2.05, 4.69) is 11.9 Å². The Kier molecular flexibility index (Phi) is 5.78. The zero-order valence-corrected chi connectivity index (χ0v) is 12.5. The Hall–Kier alpha value is -1.84. The second kappa shape index (κ2) is 7.81. The molecule has 0 aromatic heterocycles. The van der Waals surface area contributed by atoms with E-state index in [9.17, 15) is 5.11 Å². The predicted octanol–water partition coefficient (Wildman–Crippen LogP) is 3.79. The Labute approximate surface area is 126 Å². The third-order valence-corrected chi connectivity index (χ3v) is 3.56. The first-order chi connectivity index (χ1) is 10.2. The molecule has 21 heavy (non-hydrogen) atoms. The van der Waals surface area contributed by atoms with Crippen molar-refractivity contribution >= 4 is 10.8 Å². The lowest BCUT2D eigenvalue weighted by atomic mass is 10.0. The molecule has 112 valence electrons. The Morgan fingerprint density at radius 2 is 2.05 bits per heavy atom. The summed E-state index contributed by atoms with van der Waals surface area (Å²) < 4.78 is 5.46. The summed E-state index contributed by atoms with van der Waals surface area (Å²) >= 11 is 0. The van der Waals surface area contributed by atoms with Crippen LogP contribution in [0.1, 0.15) is 24.9 Å². The average molecular weight is 285 g/mol. The lowest BCUT2D eigenvalue weighted by Gasteiger charge is -2.17. The van der Waals surface area contributed by atoms with Crippen LogP contribution >= 0.6 is 0 Å². The van der Waals surface area contributed by atoms with Crippen LogP contribution in [0.25, 0.3) is 10.8 Å². The molecule has 2 rings (SSSR count). The van der Waals surface area contributed by atoms with Gasteiger partial charge in [-0.3, -0.25) is 0 Å². The summed E-state index contributed by atoms with van der Waals surface area (Å²) in [7, 11) is 0. The molecule has 0 amide bonds. The number of hydrogen-bond donors (Lipinski definition) is 2. The van der Waals surface area contributed by atoms with Crippen LogP contribution in [-0.4, -0.2) is 24.9 Å². The van der Waals surface area contributed by atoms with Gasteiger partial charge in [0, 0.05) is 23.5 Å². The summed E-state index contributed by atoms with van der Waals surface area (Å²) in [6.45, 7) is 7.83. The Morgan fingerprint density at radius 3 is 2.86 bits per heavy atom. The fraction of sp³-hybridized carbons (Fsp3) is 0.333. The minimum Gasteiger partial charge on any atom is -0.507 e. The van der Waals surface area contributed by atoms with Crippen LogP contribution in [0, 0.1) is 0 Å². The first-order valence-electron chi connectivity index (χ1n) is 7.36. The number of benzene rings is 2. The number of rotatable bonds is 8. The second-order valence-corrected chi connectivity index (χ2v) is 5.09. The molecule has 0 saturated heterocycles. The summed E-state index contributed by atoms with van der Waals surface area (Å²) in [5.41, 5.74) is 0.916. The Bertz CT molecular complexity index is 595. The third-order valence-electron chi connectivity index (χ3n) is 3.56. The van der Waals surface area contributed by atoms with Crippen molar-refractivity contribution in [1.29, 1.82) is 0 Å². The number of phenols is 1. The summed E-state index contributed by atoms with van der Waals surface area (Å²) in [5, 5.41) is 15.7. The Balaban J connectivity index is 1.94. The first-order valence-corrected chi connectivity index (χ1v) is 7.36. The van der Waals surface area contributed by atoms with Crippen LogP contribution in [-0.2, 0) is 4.74 Å². The highest BCUT2D eigenvalue weighted by Crippen LogP contribution is 2.32. The van der Waals surface area contributed by atoms with Crippen LogP contribution in [0.4, 0.5) is 0 Å². The van der Waals surface area contributed by atoms with Gasteiger partial charge in [-0.2, -0.15) is 0 Å². The lowest BCUT2D eigenvalue weighted by molar-refractivity contribution is 0.138. The van der Waals surface area contributed by atoms with Gasteiger partial charge in [0.05, 0.1) is 13.2 Å². The molecule has 3 heteroatoms. The number of fused-ring (bicyclic) bond motifs is 1. The van der Waals surface area contributed by atoms with Crippen molar-refractivity contribution in [3.63, 3.8) is 0 Å². The molecule has 1 atom stereocenters. The molecule has 0 heterocycles. The second-order valence-electron chi connectivity index (χ2n) is 5.09. The standard InChI is InChI=1S/C18H23NO2/c1-3-4-12-21-13-11-19-14(2)16-10-9-15-7-5-6-8-17(15)18(16)20/h3,5-10,14,19-20H,1,4,11-13H2,2H3. The van der Waals surface area contributed by atoms with Crippen LogP contribution in [0.15, 0.2) is 49.1 Å². The maximum absolute atomic E-state index is 10.4. The highest BCUT2D eigenvalue weighted by atomic mass is 16.5. The van der Waals surface area contributed by atoms with E-state index in [4.69, 9.17) is 4.74 Å². The molecule has 2 N–H and O–H groups in total. The van der Waals surface area contributed by atoms with Crippen molar-refractivity contribution in [3.05, 3.63) is 54.6 Å². The normalized spacial score (nSPS) is 12.4. The largest absolute Gasteiger partial charge is 0.507 e. The number of phenolic OH excluding ortho intramolecular Hbond substituents is 1. The third kappa shape index (κ3) is 4.06. The lowest BCUT2D eigenvalue weighted by Crippen LogP contribution is -2.23. The van der Waals surface area contributed by atoms with Gasteiger partial charge < -0.3 is 15.2 Å². The highest BCUT2D eigenvalue weighted by Gasteiger charge is 2.12. The fourth-order valence-corrected chi connectivity index (χ4v) is 2.35. The van der Waals surface area contributed by atoms with Crippen molar-refractivity contribution in [2.45, 2.75) is 19.4 Å². The van der Waals surface area contributed by atoms with Crippen LogP contribution < -0.4 is 5.32 Å². The summed E-state index contributed by atoms with van der Waals surface area (Å²) in [6, 6.07) is 12.0. The van der Waals surface area contributed by atoms with E-state index in [1.165, 1.54) is 0 Å². The minimum atomic E-state index is 0.0811. The maximum atomic E-state index is 10.4. The zero-order chi connectivity index (χ0) is 15.1. The molecule has 0 saturated carbocycles. The molecule has 0 radical (unpaired) electrons. The van der Waals surface area contributed by atoms with Gasteiger partial charge >= 0.3 is 0 Å². The van der Waals surface area contributed by atoms with Crippen molar-refractivity contribution in [2.24, 2.45) is 0 Å². The number of aromatic hydroxyl groups is 1. The van der Waals surface area contributed by atoms with E-state index in [1.807, 2.05) is 49.4 Å². The van der Waals surface area contributed by atoms with Gasteiger partial charge in [0.15, 0.2) is 0 Å². The van der Waals surface area contributed by atoms with E-state index < -0.39 is 0 Å². The quantitative estimate of drug-likeness (QED) is 0.573.